The maximum atomic E-state index is 14.2. The molecular weight excluding hydrogens is 400 g/mol. The zero-order chi connectivity index (χ0) is 21.2. The first-order valence-electron chi connectivity index (χ1n) is 9.21. The molecular formula is C20H23F2N3O3S. The summed E-state index contributed by atoms with van der Waals surface area (Å²) in [7, 11) is -3.88. The minimum atomic E-state index is -3.88. The minimum Gasteiger partial charge on any atom is -0.368 e. The Balaban J connectivity index is 1.74. The van der Waals surface area contributed by atoms with Gasteiger partial charge in [-0.05, 0) is 43.3 Å². The largest absolute Gasteiger partial charge is 0.368 e. The van der Waals surface area contributed by atoms with Gasteiger partial charge in [0.1, 0.15) is 17.7 Å². The number of hydrogen-bond donors (Lipinski definition) is 0. The van der Waals surface area contributed by atoms with Crippen LogP contribution in [0, 0.1) is 11.6 Å². The molecule has 1 atom stereocenters. The van der Waals surface area contributed by atoms with E-state index < -0.39 is 27.8 Å². The van der Waals surface area contributed by atoms with E-state index in [1.807, 2.05) is 4.90 Å². The van der Waals surface area contributed by atoms with E-state index in [4.69, 9.17) is 0 Å². The first-order valence-corrected chi connectivity index (χ1v) is 11.1. The lowest BCUT2D eigenvalue weighted by molar-refractivity contribution is -0.132. The topological polar surface area (TPSA) is 60.9 Å². The Bertz CT molecular complexity index is 975. The van der Waals surface area contributed by atoms with Crippen molar-refractivity contribution in [2.75, 3.05) is 41.6 Å². The van der Waals surface area contributed by atoms with Gasteiger partial charge in [0.05, 0.1) is 11.9 Å². The first-order chi connectivity index (χ1) is 13.7. The van der Waals surface area contributed by atoms with E-state index in [9.17, 15) is 22.0 Å². The lowest BCUT2D eigenvalue weighted by atomic mass is 10.2. The average Bonchev–Trinajstić information content (AvgIpc) is 2.69. The molecule has 0 radical (unpaired) electrons. The van der Waals surface area contributed by atoms with Gasteiger partial charge in [-0.1, -0.05) is 12.1 Å². The normalized spacial score (nSPS) is 15.9. The van der Waals surface area contributed by atoms with Crippen LogP contribution in [0.5, 0.6) is 0 Å². The molecule has 1 aliphatic rings. The van der Waals surface area contributed by atoms with E-state index in [1.54, 1.807) is 17.0 Å². The molecule has 1 amide bonds. The van der Waals surface area contributed by atoms with Gasteiger partial charge in [0.25, 0.3) is 0 Å². The van der Waals surface area contributed by atoms with Crippen LogP contribution >= 0.6 is 0 Å². The molecule has 1 aliphatic heterocycles. The zero-order valence-electron chi connectivity index (χ0n) is 16.3. The molecule has 9 heteroatoms. The molecule has 0 spiro atoms. The fourth-order valence-corrected chi connectivity index (χ4v) is 4.68. The quantitative estimate of drug-likeness (QED) is 0.741. The van der Waals surface area contributed by atoms with Crippen LogP contribution in [0.4, 0.5) is 20.2 Å². The smallest absolute Gasteiger partial charge is 0.246 e. The lowest BCUT2D eigenvalue weighted by Crippen LogP contribution is -2.55. The Morgan fingerprint density at radius 3 is 2.14 bits per heavy atom. The van der Waals surface area contributed by atoms with Crippen molar-refractivity contribution in [1.29, 1.82) is 0 Å². The van der Waals surface area contributed by atoms with Crippen LogP contribution in [0.1, 0.15) is 6.92 Å². The van der Waals surface area contributed by atoms with E-state index in [-0.39, 0.29) is 11.5 Å². The second-order valence-electron chi connectivity index (χ2n) is 6.97. The number of carbonyl (C=O) groups is 1. The fraction of sp³-hybridized carbons (Fsp3) is 0.350. The van der Waals surface area contributed by atoms with Crippen LogP contribution in [0.3, 0.4) is 0 Å². The van der Waals surface area contributed by atoms with Crippen molar-refractivity contribution in [3.8, 4) is 0 Å². The summed E-state index contributed by atoms with van der Waals surface area (Å²) in [4.78, 5) is 16.6. The van der Waals surface area contributed by atoms with Gasteiger partial charge < -0.3 is 9.80 Å². The summed E-state index contributed by atoms with van der Waals surface area (Å²) in [5.74, 6) is -1.42. The third-order valence-corrected chi connectivity index (χ3v) is 6.17. The van der Waals surface area contributed by atoms with Crippen molar-refractivity contribution < 1.29 is 22.0 Å². The molecule has 2 aromatic carbocycles. The predicted molar refractivity (Wildman–Crippen MR) is 108 cm³/mol. The number of anilines is 2. The number of rotatable bonds is 5. The molecule has 0 aromatic heterocycles. The number of sulfonamides is 1. The molecule has 2 aromatic rings. The minimum absolute atomic E-state index is 0.152. The van der Waals surface area contributed by atoms with Gasteiger partial charge in [-0.2, -0.15) is 0 Å². The van der Waals surface area contributed by atoms with Gasteiger partial charge >= 0.3 is 0 Å². The van der Waals surface area contributed by atoms with E-state index in [1.165, 1.54) is 37.3 Å². The predicted octanol–water partition coefficient (Wildman–Crippen LogP) is 2.47. The number of nitrogens with zero attached hydrogens (tertiary/aromatic N) is 3. The van der Waals surface area contributed by atoms with Gasteiger partial charge in [0, 0.05) is 31.9 Å². The molecule has 29 heavy (non-hydrogen) atoms. The van der Waals surface area contributed by atoms with Gasteiger partial charge in [-0.15, -0.1) is 0 Å². The van der Waals surface area contributed by atoms with Gasteiger partial charge in [-0.3, -0.25) is 9.10 Å². The standard InChI is InChI=1S/C20H23F2N3O3S/c1-15(25(29(2,27)28)19-6-4-3-5-18(19)22)20(26)24-13-11-23(12-14-24)17-9-7-16(21)8-10-17/h3-10,15H,11-14H2,1-2H3. The molecule has 156 valence electrons. The van der Waals surface area contributed by atoms with Crippen molar-refractivity contribution in [3.05, 3.63) is 60.2 Å². The molecule has 0 N–H and O–H groups in total. The van der Waals surface area contributed by atoms with E-state index in [0.29, 0.717) is 26.2 Å². The van der Waals surface area contributed by atoms with Crippen LogP contribution in [0.15, 0.2) is 48.5 Å². The van der Waals surface area contributed by atoms with Crippen molar-refractivity contribution in [1.82, 2.24) is 4.90 Å². The van der Waals surface area contributed by atoms with Crippen molar-refractivity contribution >= 4 is 27.3 Å². The van der Waals surface area contributed by atoms with Crippen LogP contribution in [-0.2, 0) is 14.8 Å². The summed E-state index contributed by atoms with van der Waals surface area (Å²) < 4.78 is 52.8. The molecule has 0 bridgehead atoms. The first kappa shape index (κ1) is 21.0. The molecule has 3 rings (SSSR count). The van der Waals surface area contributed by atoms with E-state index in [0.717, 1.165) is 22.3 Å². The fourth-order valence-electron chi connectivity index (χ4n) is 3.51. The Labute approximate surface area is 169 Å². The number of para-hydroxylation sites is 1. The number of halogens is 2. The van der Waals surface area contributed by atoms with Crippen LogP contribution in [0.25, 0.3) is 0 Å². The lowest BCUT2D eigenvalue weighted by Gasteiger charge is -2.39. The molecule has 1 fully saturated rings. The third-order valence-electron chi connectivity index (χ3n) is 4.94. The van der Waals surface area contributed by atoms with E-state index in [2.05, 4.69) is 0 Å². The highest BCUT2D eigenvalue weighted by atomic mass is 32.2. The highest BCUT2D eigenvalue weighted by Gasteiger charge is 2.34. The Hall–Kier alpha value is -2.68. The second kappa shape index (κ2) is 8.36. The summed E-state index contributed by atoms with van der Waals surface area (Å²) in [6.45, 7) is 3.29. The SMILES string of the molecule is CC(C(=O)N1CCN(c2ccc(F)cc2)CC1)N(c1ccccc1F)S(C)(=O)=O. The van der Waals surface area contributed by atoms with Crippen molar-refractivity contribution in [3.63, 3.8) is 0 Å². The summed E-state index contributed by atoms with van der Waals surface area (Å²) in [6, 6.07) is 10.5. The number of hydrogen-bond acceptors (Lipinski definition) is 4. The summed E-state index contributed by atoms with van der Waals surface area (Å²) in [5.41, 5.74) is 0.705. The Morgan fingerprint density at radius 2 is 1.59 bits per heavy atom. The van der Waals surface area contributed by atoms with Gasteiger partial charge in [0.2, 0.25) is 15.9 Å². The Kier molecular flexibility index (Phi) is 6.07. The maximum absolute atomic E-state index is 14.2. The molecule has 0 aliphatic carbocycles. The van der Waals surface area contributed by atoms with Crippen molar-refractivity contribution in [2.24, 2.45) is 0 Å². The molecule has 1 saturated heterocycles. The van der Waals surface area contributed by atoms with Crippen LogP contribution in [-0.4, -0.2) is 57.7 Å². The highest BCUT2D eigenvalue weighted by Crippen LogP contribution is 2.25. The molecule has 6 nitrogen and oxygen atoms in total. The van der Waals surface area contributed by atoms with Crippen LogP contribution in [0.2, 0.25) is 0 Å². The maximum Gasteiger partial charge on any atom is 0.246 e. The number of amides is 1. The highest BCUT2D eigenvalue weighted by molar-refractivity contribution is 7.92. The van der Waals surface area contributed by atoms with Gasteiger partial charge in [0.15, 0.2) is 0 Å². The molecule has 0 saturated carbocycles. The second-order valence-corrected chi connectivity index (χ2v) is 8.83. The zero-order valence-corrected chi connectivity index (χ0v) is 17.1. The summed E-state index contributed by atoms with van der Waals surface area (Å²) in [6.07, 6.45) is 0.954. The van der Waals surface area contributed by atoms with Crippen LogP contribution < -0.4 is 9.21 Å². The number of piperazine rings is 1. The van der Waals surface area contributed by atoms with E-state index >= 15 is 0 Å². The van der Waals surface area contributed by atoms with Gasteiger partial charge in [-0.25, -0.2) is 17.2 Å². The summed E-state index contributed by atoms with van der Waals surface area (Å²) >= 11 is 0. The van der Waals surface area contributed by atoms with Crippen molar-refractivity contribution in [2.45, 2.75) is 13.0 Å². The number of benzene rings is 2. The number of carbonyl (C=O) groups excluding carboxylic acids is 1. The molecule has 1 heterocycles. The summed E-state index contributed by atoms with van der Waals surface area (Å²) in [5, 5.41) is 0. The average molecular weight is 423 g/mol. The molecule has 1 unspecified atom stereocenters. The monoisotopic (exact) mass is 423 g/mol. The Morgan fingerprint density at radius 1 is 1.00 bits per heavy atom. The third kappa shape index (κ3) is 4.67.